The largest absolute Gasteiger partial charge is 0.453 e. The quantitative estimate of drug-likeness (QED) is 0.759. The molecule has 1 saturated heterocycles. The molecular weight excluding hydrogens is 304 g/mol. The van der Waals surface area contributed by atoms with Crippen molar-refractivity contribution >= 4 is 23.9 Å². The Labute approximate surface area is 134 Å². The zero-order valence-corrected chi connectivity index (χ0v) is 13.4. The van der Waals surface area contributed by atoms with E-state index in [4.69, 9.17) is 4.74 Å². The Morgan fingerprint density at radius 1 is 1.26 bits per heavy atom. The predicted molar refractivity (Wildman–Crippen MR) is 78.2 cm³/mol. The summed E-state index contributed by atoms with van der Waals surface area (Å²) in [4.78, 5) is 48.5. The lowest BCUT2D eigenvalue weighted by atomic mass is 10.1. The minimum Gasteiger partial charge on any atom is -0.453 e. The van der Waals surface area contributed by atoms with Crippen LogP contribution in [0.2, 0.25) is 0 Å². The van der Waals surface area contributed by atoms with E-state index >= 15 is 0 Å². The molecule has 0 aromatic heterocycles. The van der Waals surface area contributed by atoms with Gasteiger partial charge in [-0.1, -0.05) is 12.8 Å². The van der Waals surface area contributed by atoms with E-state index < -0.39 is 30.0 Å². The van der Waals surface area contributed by atoms with Crippen LogP contribution in [0.25, 0.3) is 0 Å². The Hall–Kier alpha value is -2.12. The van der Waals surface area contributed by atoms with Gasteiger partial charge in [-0.05, 0) is 19.8 Å². The van der Waals surface area contributed by atoms with E-state index in [0.717, 1.165) is 32.8 Å². The molecule has 1 N–H and O–H groups in total. The van der Waals surface area contributed by atoms with Crippen LogP contribution in [-0.2, 0) is 23.9 Å². The molecule has 128 valence electrons. The molecular formula is C15H22N2O6. The van der Waals surface area contributed by atoms with Crippen LogP contribution in [0.4, 0.5) is 4.79 Å². The number of hydrogen-bond acceptors (Lipinski definition) is 6. The molecule has 2 fully saturated rings. The average molecular weight is 326 g/mol. The predicted octanol–water partition coefficient (Wildman–Crippen LogP) is 0.592. The highest BCUT2D eigenvalue weighted by atomic mass is 16.6. The zero-order chi connectivity index (χ0) is 17.0. The van der Waals surface area contributed by atoms with Crippen LogP contribution < -0.4 is 5.32 Å². The van der Waals surface area contributed by atoms with Gasteiger partial charge in [-0.3, -0.25) is 19.7 Å². The molecule has 1 aliphatic heterocycles. The third kappa shape index (κ3) is 4.20. The van der Waals surface area contributed by atoms with E-state index in [-0.39, 0.29) is 18.4 Å². The number of rotatable bonds is 4. The maximum absolute atomic E-state index is 12.1. The van der Waals surface area contributed by atoms with E-state index in [0.29, 0.717) is 6.54 Å². The SMILES string of the molecule is COC(=O)NC(=O)[C@@H](C)OC(=O)[C@H]1CC(=O)N(C2CCCC2)C1. The van der Waals surface area contributed by atoms with Crippen molar-refractivity contribution in [1.29, 1.82) is 0 Å². The molecule has 0 bridgehead atoms. The second-order valence-corrected chi connectivity index (χ2v) is 5.95. The fraction of sp³-hybridized carbons (Fsp3) is 0.733. The van der Waals surface area contributed by atoms with Crippen LogP contribution in [0, 0.1) is 5.92 Å². The van der Waals surface area contributed by atoms with Gasteiger partial charge in [-0.15, -0.1) is 0 Å². The van der Waals surface area contributed by atoms with Crippen molar-refractivity contribution in [2.75, 3.05) is 13.7 Å². The highest BCUT2D eigenvalue weighted by Crippen LogP contribution is 2.30. The van der Waals surface area contributed by atoms with E-state index in [9.17, 15) is 19.2 Å². The molecule has 2 rings (SSSR count). The second kappa shape index (κ2) is 7.43. The number of amides is 3. The fourth-order valence-electron chi connectivity index (χ4n) is 3.04. The molecule has 8 heteroatoms. The maximum atomic E-state index is 12.1. The molecule has 0 aromatic carbocycles. The summed E-state index contributed by atoms with van der Waals surface area (Å²) < 4.78 is 9.36. The van der Waals surface area contributed by atoms with Crippen molar-refractivity contribution in [3.05, 3.63) is 0 Å². The lowest BCUT2D eigenvalue weighted by Crippen LogP contribution is -2.40. The van der Waals surface area contributed by atoms with Gasteiger partial charge in [0.25, 0.3) is 5.91 Å². The van der Waals surface area contributed by atoms with Gasteiger partial charge in [-0.2, -0.15) is 0 Å². The Kier molecular flexibility index (Phi) is 5.57. The van der Waals surface area contributed by atoms with Crippen molar-refractivity contribution in [2.45, 2.75) is 51.2 Å². The van der Waals surface area contributed by atoms with Crippen molar-refractivity contribution in [2.24, 2.45) is 5.92 Å². The van der Waals surface area contributed by atoms with Gasteiger partial charge in [-0.25, -0.2) is 4.79 Å². The lowest BCUT2D eigenvalue weighted by molar-refractivity contribution is -0.158. The van der Waals surface area contributed by atoms with Gasteiger partial charge >= 0.3 is 12.1 Å². The first kappa shape index (κ1) is 17.2. The van der Waals surface area contributed by atoms with Gasteiger partial charge in [0.2, 0.25) is 5.91 Å². The number of nitrogens with zero attached hydrogens (tertiary/aromatic N) is 1. The van der Waals surface area contributed by atoms with Crippen molar-refractivity contribution in [3.63, 3.8) is 0 Å². The molecule has 3 amide bonds. The van der Waals surface area contributed by atoms with Crippen LogP contribution >= 0.6 is 0 Å². The van der Waals surface area contributed by atoms with Gasteiger partial charge < -0.3 is 14.4 Å². The molecule has 0 aromatic rings. The van der Waals surface area contributed by atoms with Crippen LogP contribution in [0.15, 0.2) is 0 Å². The van der Waals surface area contributed by atoms with Gasteiger partial charge in [0, 0.05) is 19.0 Å². The third-order valence-electron chi connectivity index (χ3n) is 4.33. The molecule has 0 spiro atoms. The summed E-state index contributed by atoms with van der Waals surface area (Å²) in [6, 6.07) is 0.223. The molecule has 2 atom stereocenters. The summed E-state index contributed by atoms with van der Waals surface area (Å²) in [5.41, 5.74) is 0. The van der Waals surface area contributed by atoms with E-state index in [2.05, 4.69) is 4.74 Å². The molecule has 2 aliphatic rings. The fourth-order valence-corrected chi connectivity index (χ4v) is 3.04. The highest BCUT2D eigenvalue weighted by Gasteiger charge is 2.40. The smallest absolute Gasteiger partial charge is 0.413 e. The molecule has 1 heterocycles. The summed E-state index contributed by atoms with van der Waals surface area (Å²) >= 11 is 0. The number of esters is 1. The number of alkyl carbamates (subject to hydrolysis) is 1. The van der Waals surface area contributed by atoms with Crippen LogP contribution in [0.3, 0.4) is 0 Å². The normalized spacial score (nSPS) is 22.8. The standard InChI is InChI=1S/C15H22N2O6/c1-9(13(19)16-15(21)22-2)23-14(20)10-7-12(18)17(8-10)11-5-3-4-6-11/h9-11H,3-8H2,1-2H3,(H,16,19,21)/t9-,10+/m1/s1. The Balaban J connectivity index is 1.85. The number of methoxy groups -OCH3 is 1. The van der Waals surface area contributed by atoms with E-state index in [1.165, 1.54) is 6.92 Å². The molecule has 0 radical (unpaired) electrons. The number of carbonyl (C=O) groups excluding carboxylic acids is 4. The first-order valence-corrected chi connectivity index (χ1v) is 7.81. The second-order valence-electron chi connectivity index (χ2n) is 5.95. The molecule has 23 heavy (non-hydrogen) atoms. The summed E-state index contributed by atoms with van der Waals surface area (Å²) in [5.74, 6) is -1.95. The van der Waals surface area contributed by atoms with Gasteiger partial charge in [0.1, 0.15) is 0 Å². The summed E-state index contributed by atoms with van der Waals surface area (Å²) in [6.45, 7) is 1.70. The number of likely N-dealkylation sites (tertiary alicyclic amines) is 1. The molecule has 1 aliphatic carbocycles. The monoisotopic (exact) mass is 326 g/mol. The van der Waals surface area contributed by atoms with Crippen LogP contribution in [0.1, 0.15) is 39.0 Å². The lowest BCUT2D eigenvalue weighted by Gasteiger charge is -2.24. The molecule has 0 unspecified atom stereocenters. The molecule has 8 nitrogen and oxygen atoms in total. The topological polar surface area (TPSA) is 102 Å². The highest BCUT2D eigenvalue weighted by molar-refractivity contribution is 5.95. The van der Waals surface area contributed by atoms with E-state index in [1.54, 1.807) is 4.90 Å². The number of ether oxygens (including phenoxy) is 2. The first-order valence-electron chi connectivity index (χ1n) is 7.81. The Morgan fingerprint density at radius 2 is 1.91 bits per heavy atom. The van der Waals surface area contributed by atoms with Crippen molar-refractivity contribution in [3.8, 4) is 0 Å². The minimum atomic E-state index is -1.13. The molecule has 1 saturated carbocycles. The van der Waals surface area contributed by atoms with E-state index in [1.807, 2.05) is 5.32 Å². The summed E-state index contributed by atoms with van der Waals surface area (Å²) in [6.07, 6.45) is 2.23. The van der Waals surface area contributed by atoms with Gasteiger partial charge in [0.05, 0.1) is 13.0 Å². The maximum Gasteiger partial charge on any atom is 0.413 e. The Bertz CT molecular complexity index is 500. The summed E-state index contributed by atoms with van der Waals surface area (Å²) in [5, 5.41) is 1.93. The summed E-state index contributed by atoms with van der Waals surface area (Å²) in [7, 11) is 1.13. The first-order chi connectivity index (χ1) is 10.9. The zero-order valence-electron chi connectivity index (χ0n) is 13.4. The number of imide groups is 1. The van der Waals surface area contributed by atoms with Gasteiger partial charge in [0.15, 0.2) is 6.10 Å². The minimum absolute atomic E-state index is 0.0366. The van der Waals surface area contributed by atoms with Crippen LogP contribution in [0.5, 0.6) is 0 Å². The third-order valence-corrected chi connectivity index (χ3v) is 4.33. The number of hydrogen-bond donors (Lipinski definition) is 1. The number of carbonyl (C=O) groups is 4. The van der Waals surface area contributed by atoms with Crippen molar-refractivity contribution < 1.29 is 28.7 Å². The number of nitrogens with one attached hydrogen (secondary N) is 1. The average Bonchev–Trinajstić information content (AvgIpc) is 3.15. The van der Waals surface area contributed by atoms with Crippen LogP contribution in [-0.4, -0.2) is 54.6 Å². The Morgan fingerprint density at radius 3 is 2.52 bits per heavy atom. The van der Waals surface area contributed by atoms with Crippen molar-refractivity contribution in [1.82, 2.24) is 10.2 Å².